The van der Waals surface area contributed by atoms with Gasteiger partial charge in [0.1, 0.15) is 0 Å². The zero-order valence-electron chi connectivity index (χ0n) is 14.9. The molecule has 1 N–H and O–H groups in total. The molecule has 128 valence electrons. The van der Waals surface area contributed by atoms with E-state index in [2.05, 4.69) is 95.3 Å². The maximum absolute atomic E-state index is 4.42. The van der Waals surface area contributed by atoms with Crippen LogP contribution in [0.1, 0.15) is 11.1 Å². The standard InChI is InChI=1S/C25H18N2/c1-16-14-20-18-9-2-5-11-22(18)26-25(20)21-15-27(23-12-6-3-8-17(16)23)24-13-7-4-10-19(21)24/h2-14,26H,1,15H2/b20-14-,25-21-. The van der Waals surface area contributed by atoms with E-state index in [0.717, 1.165) is 12.1 Å². The first-order chi connectivity index (χ1) is 13.3. The lowest BCUT2D eigenvalue weighted by Gasteiger charge is -2.22. The van der Waals surface area contributed by atoms with Gasteiger partial charge in [-0.1, -0.05) is 61.2 Å². The highest BCUT2D eigenvalue weighted by atomic mass is 15.2. The molecule has 2 heteroatoms. The third kappa shape index (κ3) is 1.95. The molecule has 2 nitrogen and oxygen atoms in total. The number of H-pyrrole nitrogens is 1. The number of rotatable bonds is 0. The first kappa shape index (κ1) is 14.6. The summed E-state index contributed by atoms with van der Waals surface area (Å²) in [5.41, 5.74) is 8.53. The van der Waals surface area contributed by atoms with Gasteiger partial charge in [-0.2, -0.15) is 0 Å². The molecule has 4 aromatic rings. The lowest BCUT2D eigenvalue weighted by molar-refractivity contribution is 1.14. The van der Waals surface area contributed by atoms with Crippen molar-refractivity contribution in [1.82, 2.24) is 4.98 Å². The zero-order valence-corrected chi connectivity index (χ0v) is 14.9. The Hall–Kier alpha value is -3.52. The Labute approximate surface area is 157 Å². The lowest BCUT2D eigenvalue weighted by atomic mass is 10.0. The second-order valence-electron chi connectivity index (χ2n) is 7.23. The molecule has 27 heavy (non-hydrogen) atoms. The van der Waals surface area contributed by atoms with Crippen LogP contribution in [0.5, 0.6) is 0 Å². The predicted molar refractivity (Wildman–Crippen MR) is 113 cm³/mol. The van der Waals surface area contributed by atoms with Gasteiger partial charge in [0.05, 0.1) is 11.9 Å². The topological polar surface area (TPSA) is 19.0 Å². The molecule has 3 aromatic carbocycles. The molecule has 2 aliphatic rings. The van der Waals surface area contributed by atoms with E-state index in [4.69, 9.17) is 0 Å². The fourth-order valence-electron chi connectivity index (χ4n) is 4.51. The van der Waals surface area contributed by atoms with Gasteiger partial charge in [0.25, 0.3) is 0 Å². The number of nitrogens with one attached hydrogen (secondary N) is 1. The summed E-state index contributed by atoms with van der Waals surface area (Å²) in [6, 6.07) is 25.8. The van der Waals surface area contributed by atoms with E-state index in [1.165, 1.54) is 49.5 Å². The summed E-state index contributed by atoms with van der Waals surface area (Å²) >= 11 is 0. The van der Waals surface area contributed by atoms with Crippen molar-refractivity contribution in [2.24, 2.45) is 0 Å². The van der Waals surface area contributed by atoms with Crippen LogP contribution in [0.25, 0.3) is 28.1 Å². The van der Waals surface area contributed by atoms with Crippen LogP contribution in [0.2, 0.25) is 0 Å². The van der Waals surface area contributed by atoms with Gasteiger partial charge in [-0.3, -0.25) is 0 Å². The Morgan fingerprint density at radius 3 is 2.30 bits per heavy atom. The fraction of sp³-hybridized carbons (Fsp3) is 0.0400. The Kier molecular flexibility index (Phi) is 2.84. The van der Waals surface area contributed by atoms with Gasteiger partial charge in [0.15, 0.2) is 0 Å². The number of hydrogen-bond donors (Lipinski definition) is 1. The summed E-state index contributed by atoms with van der Waals surface area (Å²) < 4.78 is 0. The van der Waals surface area contributed by atoms with Crippen molar-refractivity contribution in [2.75, 3.05) is 11.4 Å². The average molecular weight is 346 g/mol. The van der Waals surface area contributed by atoms with Gasteiger partial charge in [-0.25, -0.2) is 0 Å². The number of allylic oxidation sites excluding steroid dienone is 1. The number of aromatic amines is 1. The van der Waals surface area contributed by atoms with Crippen LogP contribution < -0.4 is 15.5 Å². The smallest absolute Gasteiger partial charge is 0.0522 e. The Bertz CT molecular complexity index is 1370. The highest BCUT2D eigenvalue weighted by molar-refractivity contribution is 6.00. The largest absolute Gasteiger partial charge is 0.354 e. The van der Waals surface area contributed by atoms with Crippen LogP contribution in [-0.4, -0.2) is 11.5 Å². The molecule has 3 heterocycles. The Morgan fingerprint density at radius 1 is 0.778 bits per heavy atom. The Balaban J connectivity index is 1.87. The number of anilines is 2. The molecule has 0 spiro atoms. The highest BCUT2D eigenvalue weighted by Gasteiger charge is 2.28. The molecule has 2 aliphatic heterocycles. The molecule has 1 aromatic heterocycles. The molecule has 6 rings (SSSR count). The minimum atomic E-state index is 0.858. The molecular weight excluding hydrogens is 328 g/mol. The normalized spacial score (nSPS) is 18.0. The fourth-order valence-corrected chi connectivity index (χ4v) is 4.51. The summed E-state index contributed by atoms with van der Waals surface area (Å²) in [7, 11) is 0. The summed E-state index contributed by atoms with van der Waals surface area (Å²) in [6.45, 7) is 5.28. The van der Waals surface area contributed by atoms with Crippen LogP contribution in [0.15, 0.2) is 79.4 Å². The van der Waals surface area contributed by atoms with E-state index < -0.39 is 0 Å². The summed E-state index contributed by atoms with van der Waals surface area (Å²) in [5, 5.41) is 3.69. The van der Waals surface area contributed by atoms with Crippen molar-refractivity contribution in [3.05, 3.63) is 101 Å². The van der Waals surface area contributed by atoms with Crippen molar-refractivity contribution < 1.29 is 0 Å². The van der Waals surface area contributed by atoms with Crippen molar-refractivity contribution >= 4 is 39.5 Å². The van der Waals surface area contributed by atoms with E-state index in [0.29, 0.717) is 0 Å². The molecule has 0 atom stereocenters. The van der Waals surface area contributed by atoms with E-state index in [1.807, 2.05) is 0 Å². The number of nitrogens with zero attached hydrogens (tertiary/aromatic N) is 1. The van der Waals surface area contributed by atoms with Crippen LogP contribution in [0.4, 0.5) is 11.4 Å². The minimum Gasteiger partial charge on any atom is -0.354 e. The number of benzene rings is 3. The van der Waals surface area contributed by atoms with E-state index >= 15 is 0 Å². The monoisotopic (exact) mass is 346 g/mol. The van der Waals surface area contributed by atoms with Crippen molar-refractivity contribution in [2.45, 2.75) is 0 Å². The van der Waals surface area contributed by atoms with E-state index in [9.17, 15) is 0 Å². The number of para-hydroxylation sites is 3. The van der Waals surface area contributed by atoms with E-state index in [-0.39, 0.29) is 0 Å². The SMILES string of the molecule is C=C1/C=c2\c([nH]c3ccccc23)=C2/CN(c3ccccc31)c1ccccc12. The van der Waals surface area contributed by atoms with Gasteiger partial charge in [-0.15, -0.1) is 0 Å². The summed E-state index contributed by atoms with van der Waals surface area (Å²) in [5.74, 6) is 0. The van der Waals surface area contributed by atoms with Crippen LogP contribution >= 0.6 is 0 Å². The predicted octanol–water partition coefficient (Wildman–Crippen LogP) is 4.33. The number of aromatic nitrogens is 1. The van der Waals surface area contributed by atoms with Crippen LogP contribution in [0.3, 0.4) is 0 Å². The third-order valence-electron chi connectivity index (χ3n) is 5.74. The molecule has 0 saturated carbocycles. The maximum atomic E-state index is 4.42. The van der Waals surface area contributed by atoms with Gasteiger partial charge < -0.3 is 9.88 Å². The lowest BCUT2D eigenvalue weighted by Crippen LogP contribution is -2.27. The van der Waals surface area contributed by atoms with Crippen LogP contribution in [-0.2, 0) is 0 Å². The molecule has 0 amide bonds. The number of fused-ring (bicyclic) bond motifs is 10. The summed E-state index contributed by atoms with van der Waals surface area (Å²) in [6.07, 6.45) is 2.24. The molecule has 2 bridgehead atoms. The maximum Gasteiger partial charge on any atom is 0.0522 e. The first-order valence-electron chi connectivity index (χ1n) is 9.28. The van der Waals surface area contributed by atoms with Crippen LogP contribution in [0, 0.1) is 0 Å². The van der Waals surface area contributed by atoms with E-state index in [1.54, 1.807) is 0 Å². The minimum absolute atomic E-state index is 0.858. The van der Waals surface area contributed by atoms with Crippen molar-refractivity contribution in [3.63, 3.8) is 0 Å². The first-order valence-corrected chi connectivity index (χ1v) is 9.28. The highest BCUT2D eigenvalue weighted by Crippen LogP contribution is 2.42. The van der Waals surface area contributed by atoms with Gasteiger partial charge in [0, 0.05) is 44.2 Å². The van der Waals surface area contributed by atoms with Gasteiger partial charge >= 0.3 is 0 Å². The van der Waals surface area contributed by atoms with Gasteiger partial charge in [0.2, 0.25) is 0 Å². The van der Waals surface area contributed by atoms with Crippen molar-refractivity contribution in [3.8, 4) is 0 Å². The molecule has 0 aliphatic carbocycles. The molecule has 0 fully saturated rings. The van der Waals surface area contributed by atoms with Gasteiger partial charge in [-0.05, 0) is 29.8 Å². The average Bonchev–Trinajstić information content (AvgIpc) is 3.27. The molecule has 0 radical (unpaired) electrons. The third-order valence-corrected chi connectivity index (χ3v) is 5.74. The molecule has 0 unspecified atom stereocenters. The number of hydrogen-bond acceptors (Lipinski definition) is 1. The molecule has 0 saturated heterocycles. The summed E-state index contributed by atoms with van der Waals surface area (Å²) in [4.78, 5) is 6.11. The van der Waals surface area contributed by atoms with Crippen molar-refractivity contribution in [1.29, 1.82) is 0 Å². The quantitative estimate of drug-likeness (QED) is 0.502. The second-order valence-corrected chi connectivity index (χ2v) is 7.23. The second kappa shape index (κ2) is 5.24. The molecular formula is C25H18N2. The Morgan fingerprint density at radius 2 is 1.44 bits per heavy atom. The zero-order chi connectivity index (χ0) is 18.0.